The number of nitrogens with one attached hydrogen (secondary N) is 1. The van der Waals surface area contributed by atoms with Crippen LogP contribution in [0.1, 0.15) is 32.6 Å². The summed E-state index contributed by atoms with van der Waals surface area (Å²) >= 11 is 0. The molecule has 13 heavy (non-hydrogen) atoms. The lowest BCUT2D eigenvalue weighted by atomic mass is 10.2. The Bertz CT molecular complexity index is 152. The van der Waals surface area contributed by atoms with E-state index in [4.69, 9.17) is 4.74 Å². The quantitative estimate of drug-likeness (QED) is 0.608. The van der Waals surface area contributed by atoms with Gasteiger partial charge in [0.25, 0.3) is 0 Å². The molecule has 0 aromatic carbocycles. The van der Waals surface area contributed by atoms with Crippen molar-refractivity contribution in [3.05, 3.63) is 0 Å². The molecule has 1 N–H and O–H groups in total. The van der Waals surface area contributed by atoms with Crippen molar-refractivity contribution in [2.75, 3.05) is 19.8 Å². The average Bonchev–Trinajstić information content (AvgIpc) is 2.98. The van der Waals surface area contributed by atoms with E-state index in [9.17, 15) is 0 Å². The van der Waals surface area contributed by atoms with Gasteiger partial charge in [-0.25, -0.2) is 0 Å². The van der Waals surface area contributed by atoms with Crippen LogP contribution in [-0.4, -0.2) is 25.8 Å². The Morgan fingerprint density at radius 2 is 2.08 bits per heavy atom. The Labute approximate surface area is 81.0 Å². The molecule has 0 aromatic rings. The van der Waals surface area contributed by atoms with Gasteiger partial charge in [0, 0.05) is 19.2 Å². The largest absolute Gasteiger partial charge is 0.380 e. The smallest absolute Gasteiger partial charge is 0.0591 e. The summed E-state index contributed by atoms with van der Waals surface area (Å²) in [7, 11) is 0. The fourth-order valence-corrected chi connectivity index (χ4v) is 1.66. The molecule has 1 atom stereocenters. The maximum absolute atomic E-state index is 5.55. The SMILES string of the molecule is CC(NCCOCC1CC1)C1CC1. The van der Waals surface area contributed by atoms with Crippen LogP contribution in [0.3, 0.4) is 0 Å². The zero-order valence-corrected chi connectivity index (χ0v) is 8.59. The van der Waals surface area contributed by atoms with E-state index in [0.29, 0.717) is 6.04 Å². The van der Waals surface area contributed by atoms with Gasteiger partial charge < -0.3 is 10.1 Å². The fraction of sp³-hybridized carbons (Fsp3) is 1.00. The van der Waals surface area contributed by atoms with Gasteiger partial charge in [0.15, 0.2) is 0 Å². The molecule has 2 heteroatoms. The Hall–Kier alpha value is -0.0800. The van der Waals surface area contributed by atoms with E-state index in [1.165, 1.54) is 25.7 Å². The van der Waals surface area contributed by atoms with Crippen LogP contribution in [0, 0.1) is 11.8 Å². The first-order chi connectivity index (χ1) is 6.36. The Balaban J connectivity index is 1.39. The van der Waals surface area contributed by atoms with Gasteiger partial charge in [-0.15, -0.1) is 0 Å². The maximum atomic E-state index is 5.55. The summed E-state index contributed by atoms with van der Waals surface area (Å²) in [5, 5.41) is 3.51. The van der Waals surface area contributed by atoms with Crippen LogP contribution in [0.5, 0.6) is 0 Å². The predicted molar refractivity (Wildman–Crippen MR) is 53.7 cm³/mol. The van der Waals surface area contributed by atoms with Gasteiger partial charge in [0.05, 0.1) is 6.61 Å². The van der Waals surface area contributed by atoms with Gasteiger partial charge in [-0.1, -0.05) is 0 Å². The molecule has 2 nitrogen and oxygen atoms in total. The minimum atomic E-state index is 0.713. The highest BCUT2D eigenvalue weighted by molar-refractivity contribution is 4.82. The summed E-state index contributed by atoms with van der Waals surface area (Å²) in [6.45, 7) is 5.22. The molecule has 2 aliphatic rings. The average molecular weight is 183 g/mol. The molecule has 0 heterocycles. The Morgan fingerprint density at radius 1 is 1.31 bits per heavy atom. The van der Waals surface area contributed by atoms with Crippen LogP contribution < -0.4 is 5.32 Å². The third kappa shape index (κ3) is 3.65. The van der Waals surface area contributed by atoms with Crippen LogP contribution >= 0.6 is 0 Å². The van der Waals surface area contributed by atoms with Gasteiger partial charge in [-0.2, -0.15) is 0 Å². The lowest BCUT2D eigenvalue weighted by Gasteiger charge is -2.12. The molecule has 0 amide bonds. The Kier molecular flexibility index (Phi) is 3.23. The van der Waals surface area contributed by atoms with Gasteiger partial charge in [0.2, 0.25) is 0 Å². The number of rotatable bonds is 7. The monoisotopic (exact) mass is 183 g/mol. The molecule has 0 spiro atoms. The lowest BCUT2D eigenvalue weighted by Crippen LogP contribution is -2.31. The molecular weight excluding hydrogens is 162 g/mol. The fourth-order valence-electron chi connectivity index (χ4n) is 1.66. The van der Waals surface area contributed by atoms with Crippen molar-refractivity contribution in [3.8, 4) is 0 Å². The van der Waals surface area contributed by atoms with Gasteiger partial charge in [0.1, 0.15) is 0 Å². The predicted octanol–water partition coefficient (Wildman–Crippen LogP) is 1.80. The highest BCUT2D eigenvalue weighted by Gasteiger charge is 2.27. The number of hydrogen-bond donors (Lipinski definition) is 1. The van der Waals surface area contributed by atoms with Crippen LogP contribution in [-0.2, 0) is 4.74 Å². The van der Waals surface area contributed by atoms with Crippen molar-refractivity contribution in [2.45, 2.75) is 38.6 Å². The number of ether oxygens (including phenoxy) is 1. The molecule has 0 saturated heterocycles. The summed E-state index contributed by atoms with van der Waals surface area (Å²) < 4.78 is 5.55. The summed E-state index contributed by atoms with van der Waals surface area (Å²) in [4.78, 5) is 0. The summed E-state index contributed by atoms with van der Waals surface area (Å²) in [5.74, 6) is 1.87. The van der Waals surface area contributed by atoms with E-state index in [1.54, 1.807) is 0 Å². The van der Waals surface area contributed by atoms with Crippen LogP contribution in [0.25, 0.3) is 0 Å². The molecule has 0 aromatic heterocycles. The lowest BCUT2D eigenvalue weighted by molar-refractivity contribution is 0.124. The van der Waals surface area contributed by atoms with Crippen molar-refractivity contribution < 1.29 is 4.74 Å². The van der Waals surface area contributed by atoms with Crippen LogP contribution in [0.15, 0.2) is 0 Å². The normalized spacial score (nSPS) is 24.7. The first-order valence-electron chi connectivity index (χ1n) is 5.67. The first-order valence-corrected chi connectivity index (χ1v) is 5.67. The van der Waals surface area contributed by atoms with Crippen molar-refractivity contribution in [1.29, 1.82) is 0 Å². The zero-order chi connectivity index (χ0) is 9.10. The minimum absolute atomic E-state index is 0.713. The summed E-state index contributed by atoms with van der Waals surface area (Å²) in [6, 6.07) is 0.713. The zero-order valence-electron chi connectivity index (χ0n) is 8.59. The highest BCUT2D eigenvalue weighted by atomic mass is 16.5. The second-order valence-corrected chi connectivity index (χ2v) is 4.60. The van der Waals surface area contributed by atoms with Gasteiger partial charge in [-0.05, 0) is 44.4 Å². The molecule has 2 aliphatic carbocycles. The molecule has 2 fully saturated rings. The third-order valence-corrected chi connectivity index (χ3v) is 3.09. The molecule has 76 valence electrons. The van der Waals surface area contributed by atoms with E-state index in [0.717, 1.165) is 31.6 Å². The van der Waals surface area contributed by atoms with Crippen molar-refractivity contribution in [1.82, 2.24) is 5.32 Å². The summed E-state index contributed by atoms with van der Waals surface area (Å²) in [6.07, 6.45) is 5.64. The highest BCUT2D eigenvalue weighted by Crippen LogP contribution is 2.32. The standard InChI is InChI=1S/C11H21NO/c1-9(11-4-5-11)12-6-7-13-8-10-2-3-10/h9-12H,2-8H2,1H3. The Morgan fingerprint density at radius 3 is 2.69 bits per heavy atom. The minimum Gasteiger partial charge on any atom is -0.380 e. The van der Waals surface area contributed by atoms with Gasteiger partial charge >= 0.3 is 0 Å². The number of hydrogen-bond acceptors (Lipinski definition) is 2. The van der Waals surface area contributed by atoms with Crippen LogP contribution in [0.2, 0.25) is 0 Å². The van der Waals surface area contributed by atoms with Crippen molar-refractivity contribution in [3.63, 3.8) is 0 Å². The molecular formula is C11H21NO. The summed E-state index contributed by atoms with van der Waals surface area (Å²) in [5.41, 5.74) is 0. The van der Waals surface area contributed by atoms with Crippen LogP contribution in [0.4, 0.5) is 0 Å². The molecule has 2 saturated carbocycles. The molecule has 0 radical (unpaired) electrons. The second-order valence-electron chi connectivity index (χ2n) is 4.60. The molecule has 0 aliphatic heterocycles. The van der Waals surface area contributed by atoms with E-state index in [-0.39, 0.29) is 0 Å². The van der Waals surface area contributed by atoms with Crippen molar-refractivity contribution >= 4 is 0 Å². The maximum Gasteiger partial charge on any atom is 0.0591 e. The molecule has 0 bridgehead atoms. The third-order valence-electron chi connectivity index (χ3n) is 3.09. The van der Waals surface area contributed by atoms with Gasteiger partial charge in [-0.3, -0.25) is 0 Å². The van der Waals surface area contributed by atoms with E-state index < -0.39 is 0 Å². The van der Waals surface area contributed by atoms with E-state index >= 15 is 0 Å². The van der Waals surface area contributed by atoms with E-state index in [2.05, 4.69) is 12.2 Å². The molecule has 1 unspecified atom stereocenters. The second kappa shape index (κ2) is 4.43. The van der Waals surface area contributed by atoms with Crippen molar-refractivity contribution in [2.24, 2.45) is 11.8 Å². The molecule has 2 rings (SSSR count). The first kappa shape index (κ1) is 9.47. The van der Waals surface area contributed by atoms with E-state index in [1.807, 2.05) is 0 Å². The topological polar surface area (TPSA) is 21.3 Å².